The van der Waals surface area contributed by atoms with Crippen molar-refractivity contribution in [3.05, 3.63) is 35.9 Å². The summed E-state index contributed by atoms with van der Waals surface area (Å²) >= 11 is 0. The van der Waals surface area contributed by atoms with Crippen LogP contribution in [0.15, 0.2) is 30.3 Å². The lowest BCUT2D eigenvalue weighted by atomic mass is 9.96. The highest BCUT2D eigenvalue weighted by Gasteiger charge is 2.15. The maximum atomic E-state index is 11.9. The smallest absolute Gasteiger partial charge is 0.314 e. The van der Waals surface area contributed by atoms with Gasteiger partial charge in [-0.2, -0.15) is 0 Å². The molecule has 0 saturated carbocycles. The zero-order valence-corrected chi connectivity index (χ0v) is 13.7. The first-order valence-electron chi connectivity index (χ1n) is 8.58. The van der Waals surface area contributed by atoms with Crippen LogP contribution in [-0.4, -0.2) is 43.5 Å². The molecule has 3 N–H and O–H groups in total. The second-order valence-electron chi connectivity index (χ2n) is 6.03. The van der Waals surface area contributed by atoms with Gasteiger partial charge in [0.05, 0.1) is 6.10 Å². The third-order valence-corrected chi connectivity index (χ3v) is 4.28. The summed E-state index contributed by atoms with van der Waals surface area (Å²) in [7, 11) is 0. The van der Waals surface area contributed by atoms with Gasteiger partial charge < -0.3 is 20.5 Å². The van der Waals surface area contributed by atoms with Gasteiger partial charge in [0.2, 0.25) is 0 Å². The summed E-state index contributed by atoms with van der Waals surface area (Å²) in [6.45, 7) is 2.11. The average molecular weight is 320 g/mol. The van der Waals surface area contributed by atoms with Crippen LogP contribution in [0.1, 0.15) is 43.6 Å². The summed E-state index contributed by atoms with van der Waals surface area (Å²) in [4.78, 5) is 11.9. The average Bonchev–Trinajstić information content (AvgIpc) is 2.60. The maximum Gasteiger partial charge on any atom is 0.314 e. The van der Waals surface area contributed by atoms with Gasteiger partial charge in [0.1, 0.15) is 0 Å². The molecule has 5 heteroatoms. The molecule has 2 unspecified atom stereocenters. The number of nitrogens with one attached hydrogen (secondary N) is 2. The molecule has 1 heterocycles. The molecule has 0 aliphatic carbocycles. The van der Waals surface area contributed by atoms with Gasteiger partial charge in [-0.15, -0.1) is 0 Å². The van der Waals surface area contributed by atoms with E-state index in [1.54, 1.807) is 0 Å². The van der Waals surface area contributed by atoms with Gasteiger partial charge in [0.15, 0.2) is 0 Å². The van der Waals surface area contributed by atoms with Gasteiger partial charge in [-0.25, -0.2) is 4.79 Å². The topological polar surface area (TPSA) is 70.6 Å². The molecule has 5 nitrogen and oxygen atoms in total. The van der Waals surface area contributed by atoms with Crippen LogP contribution in [-0.2, 0) is 4.74 Å². The van der Waals surface area contributed by atoms with Crippen molar-refractivity contribution in [2.24, 2.45) is 0 Å². The highest BCUT2D eigenvalue weighted by atomic mass is 16.5. The van der Waals surface area contributed by atoms with E-state index >= 15 is 0 Å². The molecule has 2 rings (SSSR count). The van der Waals surface area contributed by atoms with Gasteiger partial charge in [0.25, 0.3) is 0 Å². The first-order valence-corrected chi connectivity index (χ1v) is 8.58. The fourth-order valence-corrected chi connectivity index (χ4v) is 2.93. The Labute approximate surface area is 138 Å². The Morgan fingerprint density at radius 1 is 1.26 bits per heavy atom. The number of amides is 2. The van der Waals surface area contributed by atoms with Crippen molar-refractivity contribution >= 4 is 6.03 Å². The number of aliphatic hydroxyl groups is 1. The van der Waals surface area contributed by atoms with Crippen LogP contribution < -0.4 is 10.6 Å². The molecular weight excluding hydrogens is 292 g/mol. The molecule has 1 aromatic carbocycles. The summed E-state index contributed by atoms with van der Waals surface area (Å²) in [5, 5.41) is 15.0. The molecule has 128 valence electrons. The van der Waals surface area contributed by atoms with E-state index in [2.05, 4.69) is 10.6 Å². The second kappa shape index (κ2) is 10.2. The number of aliphatic hydroxyl groups excluding tert-OH is 1. The quantitative estimate of drug-likeness (QED) is 0.689. The van der Waals surface area contributed by atoms with Crippen molar-refractivity contribution in [1.29, 1.82) is 0 Å². The first kappa shape index (κ1) is 17.8. The fraction of sp³-hybridized carbons (Fsp3) is 0.611. The van der Waals surface area contributed by atoms with Crippen LogP contribution >= 0.6 is 0 Å². The third kappa shape index (κ3) is 6.59. The lowest BCUT2D eigenvalue weighted by Gasteiger charge is -2.22. The molecule has 1 fully saturated rings. The Hall–Kier alpha value is -1.59. The van der Waals surface area contributed by atoms with Gasteiger partial charge in [0, 0.05) is 32.2 Å². The number of rotatable bonds is 8. The third-order valence-electron chi connectivity index (χ3n) is 4.28. The molecule has 0 aromatic heterocycles. The Balaban J connectivity index is 1.67. The number of benzene rings is 1. The molecule has 1 aliphatic rings. The van der Waals surface area contributed by atoms with E-state index in [1.165, 1.54) is 6.42 Å². The largest absolute Gasteiger partial charge is 0.396 e. The summed E-state index contributed by atoms with van der Waals surface area (Å²) in [5.74, 6) is 0.133. The summed E-state index contributed by atoms with van der Waals surface area (Å²) in [5.41, 5.74) is 1.14. The maximum absolute atomic E-state index is 11.9. The minimum Gasteiger partial charge on any atom is -0.396 e. The van der Waals surface area contributed by atoms with Gasteiger partial charge in [-0.1, -0.05) is 30.3 Å². The molecule has 0 spiro atoms. The van der Waals surface area contributed by atoms with Crippen molar-refractivity contribution in [2.45, 2.75) is 44.1 Å². The Morgan fingerprint density at radius 2 is 2.09 bits per heavy atom. The standard InChI is InChI=1S/C18H28N2O3/c21-12-10-16(15-6-2-1-3-7-15)14-20-18(22)19-11-9-17-8-4-5-13-23-17/h1-3,6-7,16-17,21H,4-5,8-14H2,(H2,19,20,22). The normalized spacial score (nSPS) is 19.1. The first-order chi connectivity index (χ1) is 11.3. The van der Waals surface area contributed by atoms with E-state index < -0.39 is 0 Å². The number of hydrogen-bond donors (Lipinski definition) is 3. The Bertz CT molecular complexity index is 447. The summed E-state index contributed by atoms with van der Waals surface area (Å²) < 4.78 is 5.65. The molecular formula is C18H28N2O3. The molecule has 0 radical (unpaired) electrons. The van der Waals surface area contributed by atoms with E-state index in [0.29, 0.717) is 19.5 Å². The summed E-state index contributed by atoms with van der Waals surface area (Å²) in [6, 6.07) is 9.82. The van der Waals surface area contributed by atoms with E-state index in [9.17, 15) is 9.90 Å². The van der Waals surface area contributed by atoms with Crippen LogP contribution in [0.5, 0.6) is 0 Å². The SMILES string of the molecule is O=C(NCCC1CCCCO1)NCC(CCO)c1ccccc1. The van der Waals surface area contributed by atoms with Crippen molar-refractivity contribution < 1.29 is 14.6 Å². The molecule has 0 bridgehead atoms. The monoisotopic (exact) mass is 320 g/mol. The molecule has 1 aliphatic heterocycles. The van der Waals surface area contributed by atoms with Gasteiger partial charge >= 0.3 is 6.03 Å². The number of ether oxygens (including phenoxy) is 1. The van der Waals surface area contributed by atoms with Gasteiger partial charge in [-0.3, -0.25) is 0 Å². The lowest BCUT2D eigenvalue weighted by molar-refractivity contribution is 0.0120. The van der Waals surface area contributed by atoms with Crippen LogP contribution in [0.2, 0.25) is 0 Å². The van der Waals surface area contributed by atoms with Crippen molar-refractivity contribution in [2.75, 3.05) is 26.3 Å². The predicted octanol–water partition coefficient (Wildman–Crippen LogP) is 2.41. The highest BCUT2D eigenvalue weighted by molar-refractivity contribution is 5.73. The number of urea groups is 1. The number of carbonyl (C=O) groups is 1. The zero-order valence-electron chi connectivity index (χ0n) is 13.7. The van der Waals surface area contributed by atoms with Crippen LogP contribution in [0, 0.1) is 0 Å². The minimum absolute atomic E-state index is 0.113. The van der Waals surface area contributed by atoms with E-state index in [-0.39, 0.29) is 24.7 Å². The van der Waals surface area contributed by atoms with Crippen molar-refractivity contribution in [1.82, 2.24) is 10.6 Å². The van der Waals surface area contributed by atoms with Crippen molar-refractivity contribution in [3.63, 3.8) is 0 Å². The minimum atomic E-state index is -0.153. The van der Waals surface area contributed by atoms with E-state index in [0.717, 1.165) is 31.4 Å². The predicted molar refractivity (Wildman–Crippen MR) is 90.5 cm³/mol. The van der Waals surface area contributed by atoms with Crippen LogP contribution in [0.3, 0.4) is 0 Å². The fourth-order valence-electron chi connectivity index (χ4n) is 2.93. The lowest BCUT2D eigenvalue weighted by Crippen LogP contribution is -2.39. The Morgan fingerprint density at radius 3 is 2.78 bits per heavy atom. The second-order valence-corrected chi connectivity index (χ2v) is 6.03. The van der Waals surface area contributed by atoms with Crippen LogP contribution in [0.4, 0.5) is 4.79 Å². The molecule has 1 saturated heterocycles. The molecule has 23 heavy (non-hydrogen) atoms. The Kier molecular flexibility index (Phi) is 7.90. The zero-order chi connectivity index (χ0) is 16.3. The number of hydrogen-bond acceptors (Lipinski definition) is 3. The van der Waals surface area contributed by atoms with Crippen LogP contribution in [0.25, 0.3) is 0 Å². The van der Waals surface area contributed by atoms with E-state index in [4.69, 9.17) is 4.74 Å². The van der Waals surface area contributed by atoms with Crippen molar-refractivity contribution in [3.8, 4) is 0 Å². The molecule has 2 atom stereocenters. The molecule has 2 amide bonds. The number of carbonyl (C=O) groups excluding carboxylic acids is 1. The van der Waals surface area contributed by atoms with E-state index in [1.807, 2.05) is 30.3 Å². The molecule has 1 aromatic rings. The summed E-state index contributed by atoms with van der Waals surface area (Å²) in [6.07, 6.45) is 5.25. The van der Waals surface area contributed by atoms with Gasteiger partial charge in [-0.05, 0) is 37.7 Å². The highest BCUT2D eigenvalue weighted by Crippen LogP contribution is 2.18.